The number of rotatable bonds is 3. The minimum atomic E-state index is -4.95. The maximum Gasteiger partial charge on any atom is 0.415 e. The van der Waals surface area contributed by atoms with E-state index in [1.165, 1.54) is 18.2 Å². The van der Waals surface area contributed by atoms with E-state index in [2.05, 4.69) is 0 Å². The van der Waals surface area contributed by atoms with E-state index in [4.69, 9.17) is 10.8 Å². The van der Waals surface area contributed by atoms with Crippen LogP contribution in [0.3, 0.4) is 0 Å². The third-order valence-corrected chi connectivity index (χ3v) is 2.47. The number of aromatic carboxylic acids is 1. The van der Waals surface area contributed by atoms with Crippen LogP contribution in [0.4, 0.5) is 18.9 Å². The van der Waals surface area contributed by atoms with E-state index in [0.717, 1.165) is 6.07 Å². The summed E-state index contributed by atoms with van der Waals surface area (Å²) in [7, 11) is 0. The highest BCUT2D eigenvalue weighted by atomic mass is 19.4. The quantitative estimate of drug-likeness (QED) is 0.781. The minimum Gasteiger partial charge on any atom is -0.478 e. The van der Waals surface area contributed by atoms with E-state index in [9.17, 15) is 22.8 Å². The molecule has 0 saturated heterocycles. The van der Waals surface area contributed by atoms with Gasteiger partial charge in [0, 0.05) is 0 Å². The summed E-state index contributed by atoms with van der Waals surface area (Å²) >= 11 is 0. The van der Waals surface area contributed by atoms with Gasteiger partial charge in [0.15, 0.2) is 5.54 Å². The molecule has 1 amide bonds. The number of benzene rings is 1. The Hall–Kier alpha value is -2.09. The molecule has 0 fully saturated rings. The number of carboxylic acids is 1. The first kappa shape index (κ1) is 15.0. The summed E-state index contributed by atoms with van der Waals surface area (Å²) in [5, 5.41) is 10.7. The van der Waals surface area contributed by atoms with Gasteiger partial charge in [0.05, 0.1) is 11.3 Å². The van der Waals surface area contributed by atoms with Gasteiger partial charge in [-0.2, -0.15) is 13.2 Å². The van der Waals surface area contributed by atoms with E-state index < -0.39 is 23.6 Å². The topological polar surface area (TPSA) is 92.4 Å². The van der Waals surface area contributed by atoms with Gasteiger partial charge in [-0.1, -0.05) is 12.1 Å². The van der Waals surface area contributed by atoms with E-state index in [-0.39, 0.29) is 11.3 Å². The highest BCUT2D eigenvalue weighted by molar-refractivity contribution is 6.03. The van der Waals surface area contributed by atoms with Crippen LogP contribution in [0.2, 0.25) is 0 Å². The Bertz CT molecular complexity index is 512. The molecule has 0 heterocycles. The number of nitrogens with two attached hydrogens (primary N) is 1. The molecule has 0 aliphatic carbocycles. The molecular formula is C11H11F3N2O3. The molecule has 0 radical (unpaired) electrons. The van der Waals surface area contributed by atoms with Crippen molar-refractivity contribution in [1.29, 1.82) is 0 Å². The van der Waals surface area contributed by atoms with Gasteiger partial charge in [-0.05, 0) is 19.1 Å². The molecule has 8 heteroatoms. The number of anilines is 1. The Labute approximate surface area is 106 Å². The van der Waals surface area contributed by atoms with Crippen LogP contribution in [0.1, 0.15) is 17.3 Å². The number of halogens is 3. The van der Waals surface area contributed by atoms with Gasteiger partial charge in [0.2, 0.25) is 0 Å². The van der Waals surface area contributed by atoms with Crippen molar-refractivity contribution in [3.8, 4) is 0 Å². The average molecular weight is 276 g/mol. The second-order valence-electron chi connectivity index (χ2n) is 4.00. The second-order valence-corrected chi connectivity index (χ2v) is 4.00. The lowest BCUT2D eigenvalue weighted by molar-refractivity contribution is -0.184. The number of alkyl halides is 3. The lowest BCUT2D eigenvalue weighted by atomic mass is 10.0. The molecule has 1 unspecified atom stereocenters. The zero-order valence-corrected chi connectivity index (χ0v) is 9.78. The standard InChI is InChI=1S/C11H11F3N2O3/c1-10(15,11(12,13)14)9(19)16-7-5-3-2-4-6(7)8(17)18/h2-5H,15H2,1H3,(H,16,19)(H,17,18). The van der Waals surface area contributed by atoms with Crippen LogP contribution < -0.4 is 11.1 Å². The average Bonchev–Trinajstić information content (AvgIpc) is 2.27. The maximum atomic E-state index is 12.5. The van der Waals surface area contributed by atoms with Crippen molar-refractivity contribution in [1.82, 2.24) is 0 Å². The molecule has 5 nitrogen and oxygen atoms in total. The predicted molar refractivity (Wildman–Crippen MR) is 60.7 cm³/mol. The fourth-order valence-electron chi connectivity index (χ4n) is 1.16. The van der Waals surface area contributed by atoms with Gasteiger partial charge in [-0.25, -0.2) is 4.79 Å². The largest absolute Gasteiger partial charge is 0.478 e. The predicted octanol–water partition coefficient (Wildman–Crippen LogP) is 1.60. The van der Waals surface area contributed by atoms with Crippen LogP contribution >= 0.6 is 0 Å². The molecule has 0 bridgehead atoms. The van der Waals surface area contributed by atoms with Gasteiger partial charge in [-0.3, -0.25) is 4.79 Å². The van der Waals surface area contributed by atoms with Gasteiger partial charge >= 0.3 is 12.1 Å². The summed E-state index contributed by atoms with van der Waals surface area (Å²) in [5.74, 6) is -2.91. The first-order chi connectivity index (χ1) is 8.57. The number of amides is 1. The summed E-state index contributed by atoms with van der Waals surface area (Å²) in [6.45, 7) is 0.506. The zero-order chi connectivity index (χ0) is 14.8. The van der Waals surface area contributed by atoms with Crippen LogP contribution in [0.5, 0.6) is 0 Å². The van der Waals surface area contributed by atoms with Crippen LogP contribution in [0.25, 0.3) is 0 Å². The van der Waals surface area contributed by atoms with Gasteiger partial charge in [0.25, 0.3) is 5.91 Å². The van der Waals surface area contributed by atoms with Crippen molar-refractivity contribution in [2.45, 2.75) is 18.6 Å². The summed E-state index contributed by atoms with van der Waals surface area (Å²) in [5.41, 5.74) is 1.24. The number of hydrogen-bond donors (Lipinski definition) is 3. The van der Waals surface area contributed by atoms with Gasteiger partial charge in [-0.15, -0.1) is 0 Å². The Morgan fingerprint density at radius 2 is 1.79 bits per heavy atom. The molecule has 104 valence electrons. The number of nitrogens with one attached hydrogen (secondary N) is 1. The molecule has 0 aromatic heterocycles. The molecular weight excluding hydrogens is 265 g/mol. The zero-order valence-electron chi connectivity index (χ0n) is 9.78. The monoisotopic (exact) mass is 276 g/mol. The molecule has 4 N–H and O–H groups in total. The first-order valence-corrected chi connectivity index (χ1v) is 5.06. The summed E-state index contributed by atoms with van der Waals surface area (Å²) in [6, 6.07) is 5.08. The Morgan fingerprint density at radius 3 is 2.26 bits per heavy atom. The number of carbonyl (C=O) groups is 2. The highest BCUT2D eigenvalue weighted by Gasteiger charge is 2.54. The van der Waals surface area contributed by atoms with Crippen molar-refractivity contribution in [3.05, 3.63) is 29.8 Å². The third-order valence-electron chi connectivity index (χ3n) is 2.47. The molecule has 1 aromatic rings. The number of hydrogen-bond acceptors (Lipinski definition) is 3. The lowest BCUT2D eigenvalue weighted by Crippen LogP contribution is -2.59. The van der Waals surface area contributed by atoms with Gasteiger partial charge < -0.3 is 16.2 Å². The van der Waals surface area contributed by atoms with Crippen molar-refractivity contribution < 1.29 is 27.9 Å². The minimum absolute atomic E-state index is 0.249. The molecule has 0 aliphatic heterocycles. The number of carboxylic acid groups (broad SMARTS) is 1. The fraction of sp³-hybridized carbons (Fsp3) is 0.273. The lowest BCUT2D eigenvalue weighted by Gasteiger charge is -2.26. The number of carbonyl (C=O) groups excluding carboxylic acids is 1. The maximum absolute atomic E-state index is 12.5. The Balaban J connectivity index is 3.05. The van der Waals surface area contributed by atoms with Crippen molar-refractivity contribution in [3.63, 3.8) is 0 Å². The molecule has 1 aromatic carbocycles. The van der Waals surface area contributed by atoms with Crippen LogP contribution in [-0.4, -0.2) is 28.7 Å². The normalized spacial score (nSPS) is 14.6. The van der Waals surface area contributed by atoms with Gasteiger partial charge in [0.1, 0.15) is 0 Å². The molecule has 0 aliphatic rings. The van der Waals surface area contributed by atoms with E-state index >= 15 is 0 Å². The van der Waals surface area contributed by atoms with Crippen molar-refractivity contribution >= 4 is 17.6 Å². The molecule has 19 heavy (non-hydrogen) atoms. The summed E-state index contributed by atoms with van der Waals surface area (Å²) < 4.78 is 37.6. The van der Waals surface area contributed by atoms with E-state index in [1.807, 2.05) is 5.32 Å². The third kappa shape index (κ3) is 3.02. The van der Waals surface area contributed by atoms with Crippen LogP contribution in [0, 0.1) is 0 Å². The highest BCUT2D eigenvalue weighted by Crippen LogP contribution is 2.29. The molecule has 1 atom stereocenters. The Kier molecular flexibility index (Phi) is 3.85. The number of para-hydroxylation sites is 1. The molecule has 1 rings (SSSR count). The SMILES string of the molecule is CC(N)(C(=O)Nc1ccccc1C(=O)O)C(F)(F)F. The summed E-state index contributed by atoms with van der Waals surface area (Å²) in [6.07, 6.45) is -4.95. The second kappa shape index (κ2) is 4.88. The first-order valence-electron chi connectivity index (χ1n) is 5.06. The van der Waals surface area contributed by atoms with Crippen molar-refractivity contribution in [2.75, 3.05) is 5.32 Å². The van der Waals surface area contributed by atoms with E-state index in [0.29, 0.717) is 6.92 Å². The smallest absolute Gasteiger partial charge is 0.415 e. The van der Waals surface area contributed by atoms with Crippen molar-refractivity contribution in [2.24, 2.45) is 5.73 Å². The Morgan fingerprint density at radius 1 is 1.26 bits per heavy atom. The summed E-state index contributed by atoms with van der Waals surface area (Å²) in [4.78, 5) is 22.4. The fourth-order valence-corrected chi connectivity index (χ4v) is 1.16. The van der Waals surface area contributed by atoms with E-state index in [1.54, 1.807) is 0 Å². The van der Waals surface area contributed by atoms with Crippen LogP contribution in [-0.2, 0) is 4.79 Å². The molecule has 0 spiro atoms. The van der Waals surface area contributed by atoms with Crippen LogP contribution in [0.15, 0.2) is 24.3 Å². The molecule has 0 saturated carbocycles.